The lowest BCUT2D eigenvalue weighted by atomic mass is 9.49. The average Bonchev–Trinajstić information content (AvgIpc) is 3.56. The number of aliphatic hydroxyl groups excluding tert-OH is 1. The summed E-state index contributed by atoms with van der Waals surface area (Å²) in [6.45, 7) is 1.72. The van der Waals surface area contributed by atoms with Crippen molar-refractivity contribution in [2.45, 2.75) is 55.3 Å². The standard InChI is InChI=1S/C26H27N3O5/c30-18-4-3-15-11-19-26(33)12-17(24(32)28-16-5-8-27-9-6-16)21(31)23-25(26,20(15)22(18)34-23)7-10-29(19)13-14-1-2-14/h3-6,8-9,14,19,23,30-31,33H,1-2,7,10-13H2,(H,27,28,32)/t19-,23+,25+,26-/m1/s1. The predicted octanol–water partition coefficient (Wildman–Crippen LogP) is 2.41. The molecule has 4 N–H and O–H groups in total. The van der Waals surface area contributed by atoms with Crippen LogP contribution in [0.3, 0.4) is 0 Å². The molecule has 2 aromatic rings. The molecule has 1 aromatic carbocycles. The molecule has 0 radical (unpaired) electrons. The van der Waals surface area contributed by atoms with Gasteiger partial charge in [0.15, 0.2) is 17.6 Å². The monoisotopic (exact) mass is 461 g/mol. The fourth-order valence-electron chi connectivity index (χ4n) is 7.01. The number of anilines is 1. The summed E-state index contributed by atoms with van der Waals surface area (Å²) in [7, 11) is 0. The summed E-state index contributed by atoms with van der Waals surface area (Å²) >= 11 is 0. The van der Waals surface area contributed by atoms with E-state index in [1.165, 1.54) is 12.8 Å². The maximum absolute atomic E-state index is 13.3. The lowest BCUT2D eigenvalue weighted by Gasteiger charge is -2.62. The molecule has 1 aromatic heterocycles. The Morgan fingerprint density at radius 1 is 1.21 bits per heavy atom. The topological polar surface area (TPSA) is 115 Å². The predicted molar refractivity (Wildman–Crippen MR) is 123 cm³/mol. The number of nitrogens with one attached hydrogen (secondary N) is 1. The van der Waals surface area contributed by atoms with Gasteiger partial charge in [0, 0.05) is 42.7 Å². The molecular weight excluding hydrogens is 434 g/mol. The van der Waals surface area contributed by atoms with Crippen LogP contribution in [0, 0.1) is 5.92 Å². The summed E-state index contributed by atoms with van der Waals surface area (Å²) in [5.41, 5.74) is 0.333. The smallest absolute Gasteiger partial charge is 0.255 e. The molecule has 176 valence electrons. The number of likely N-dealkylation sites (tertiary alicyclic amines) is 1. The number of hydrogen-bond donors (Lipinski definition) is 4. The third-order valence-corrected chi connectivity index (χ3v) is 8.73. The van der Waals surface area contributed by atoms with E-state index in [2.05, 4.69) is 15.2 Å². The van der Waals surface area contributed by atoms with E-state index >= 15 is 0 Å². The Kier molecular flexibility index (Phi) is 4.02. The lowest BCUT2D eigenvalue weighted by Crippen LogP contribution is -2.75. The molecule has 34 heavy (non-hydrogen) atoms. The van der Waals surface area contributed by atoms with Crippen LogP contribution in [0.2, 0.25) is 0 Å². The molecule has 2 bridgehead atoms. The van der Waals surface area contributed by atoms with Crippen LogP contribution >= 0.6 is 0 Å². The average molecular weight is 462 g/mol. The minimum atomic E-state index is -1.31. The van der Waals surface area contributed by atoms with Gasteiger partial charge in [-0.1, -0.05) is 6.07 Å². The highest BCUT2D eigenvalue weighted by molar-refractivity contribution is 6.04. The number of aromatic nitrogens is 1. The van der Waals surface area contributed by atoms with Gasteiger partial charge in [-0.05, 0) is 61.9 Å². The highest BCUT2D eigenvalue weighted by Crippen LogP contribution is 2.66. The second kappa shape index (κ2) is 6.73. The third kappa shape index (κ3) is 2.50. The second-order valence-corrected chi connectivity index (χ2v) is 10.5. The van der Waals surface area contributed by atoms with E-state index in [0.717, 1.165) is 24.2 Å². The van der Waals surface area contributed by atoms with Crippen molar-refractivity contribution in [1.82, 2.24) is 9.88 Å². The molecule has 1 saturated heterocycles. The minimum Gasteiger partial charge on any atom is -0.508 e. The number of ether oxygens (including phenoxy) is 1. The van der Waals surface area contributed by atoms with Gasteiger partial charge in [0.05, 0.1) is 16.6 Å². The number of piperidine rings is 1. The third-order valence-electron chi connectivity index (χ3n) is 8.73. The zero-order valence-corrected chi connectivity index (χ0v) is 18.7. The Morgan fingerprint density at radius 2 is 2.00 bits per heavy atom. The summed E-state index contributed by atoms with van der Waals surface area (Å²) in [5, 5.41) is 37.4. The number of pyridine rings is 1. The van der Waals surface area contributed by atoms with Crippen LogP contribution in [0.5, 0.6) is 11.5 Å². The molecule has 4 atom stereocenters. The van der Waals surface area contributed by atoms with Gasteiger partial charge < -0.3 is 25.4 Å². The highest BCUT2D eigenvalue weighted by atomic mass is 16.5. The van der Waals surface area contributed by atoms with Crippen LogP contribution in [0.25, 0.3) is 0 Å². The maximum atomic E-state index is 13.3. The molecule has 8 heteroatoms. The molecule has 1 saturated carbocycles. The number of phenolic OH excluding ortho intramolecular Hbond substituents is 1. The van der Waals surface area contributed by atoms with Crippen molar-refractivity contribution in [3.05, 3.63) is 59.1 Å². The molecule has 5 aliphatic rings. The van der Waals surface area contributed by atoms with E-state index in [1.54, 1.807) is 30.6 Å². The summed E-state index contributed by atoms with van der Waals surface area (Å²) < 4.78 is 6.22. The molecule has 8 nitrogen and oxygen atoms in total. The normalized spacial score (nSPS) is 33.3. The van der Waals surface area contributed by atoms with Crippen LogP contribution in [0.15, 0.2) is 48.0 Å². The first-order valence-electron chi connectivity index (χ1n) is 12.0. The molecule has 2 aliphatic heterocycles. The van der Waals surface area contributed by atoms with Gasteiger partial charge in [-0.2, -0.15) is 0 Å². The number of carbonyl (C=O) groups is 1. The zero-order valence-electron chi connectivity index (χ0n) is 18.7. The van der Waals surface area contributed by atoms with E-state index < -0.39 is 23.0 Å². The quantitative estimate of drug-likeness (QED) is 0.553. The van der Waals surface area contributed by atoms with Crippen LogP contribution in [0.4, 0.5) is 5.69 Å². The van der Waals surface area contributed by atoms with E-state index in [0.29, 0.717) is 30.2 Å². The number of rotatable bonds is 4. The SMILES string of the molecule is O=C(Nc1ccncc1)C1=C(O)[C@@H]2Oc3c(O)ccc4c3[C@@]23CCN(CC2CC2)[C@H](C4)[C@]3(O)C1. The molecule has 2 fully saturated rings. The van der Waals surface area contributed by atoms with Gasteiger partial charge in [-0.25, -0.2) is 0 Å². The molecular formula is C26H27N3O5. The Labute approximate surface area is 196 Å². The highest BCUT2D eigenvalue weighted by Gasteiger charge is 2.73. The Morgan fingerprint density at radius 3 is 2.76 bits per heavy atom. The van der Waals surface area contributed by atoms with Gasteiger partial charge in [0.1, 0.15) is 5.76 Å². The van der Waals surface area contributed by atoms with Gasteiger partial charge >= 0.3 is 0 Å². The van der Waals surface area contributed by atoms with Crippen molar-refractivity contribution in [3.8, 4) is 11.5 Å². The van der Waals surface area contributed by atoms with Gasteiger partial charge in [0.25, 0.3) is 5.91 Å². The Bertz CT molecular complexity index is 1240. The van der Waals surface area contributed by atoms with Gasteiger partial charge in [0.2, 0.25) is 0 Å². The molecule has 3 heterocycles. The Balaban J connectivity index is 1.37. The number of phenols is 1. The number of aliphatic hydroxyl groups is 2. The van der Waals surface area contributed by atoms with Crippen LogP contribution in [-0.4, -0.2) is 61.9 Å². The zero-order chi connectivity index (χ0) is 23.2. The number of hydrogen-bond acceptors (Lipinski definition) is 7. The van der Waals surface area contributed by atoms with Crippen molar-refractivity contribution in [2.24, 2.45) is 5.92 Å². The molecule has 7 rings (SSSR count). The summed E-state index contributed by atoms with van der Waals surface area (Å²) in [5.74, 6) is 0.367. The summed E-state index contributed by atoms with van der Waals surface area (Å²) in [6.07, 6.45) is 5.90. The van der Waals surface area contributed by atoms with E-state index in [9.17, 15) is 20.1 Å². The molecule has 3 aliphatic carbocycles. The van der Waals surface area contributed by atoms with E-state index in [4.69, 9.17) is 4.74 Å². The van der Waals surface area contributed by atoms with E-state index in [-0.39, 0.29) is 29.5 Å². The number of carbonyl (C=O) groups excluding carboxylic acids is 1. The number of benzene rings is 1. The number of amides is 1. The van der Waals surface area contributed by atoms with Crippen LogP contribution < -0.4 is 10.1 Å². The summed E-state index contributed by atoms with van der Waals surface area (Å²) in [6, 6.07) is 6.70. The fraction of sp³-hybridized carbons (Fsp3) is 0.462. The fourth-order valence-corrected chi connectivity index (χ4v) is 7.01. The second-order valence-electron chi connectivity index (χ2n) is 10.5. The lowest BCUT2D eigenvalue weighted by molar-refractivity contribution is -0.172. The Hall–Kier alpha value is -3.10. The minimum absolute atomic E-state index is 0.000628. The van der Waals surface area contributed by atoms with Crippen LogP contribution in [-0.2, 0) is 16.6 Å². The van der Waals surface area contributed by atoms with Crippen molar-refractivity contribution in [3.63, 3.8) is 0 Å². The van der Waals surface area contributed by atoms with Gasteiger partial charge in [-0.15, -0.1) is 0 Å². The maximum Gasteiger partial charge on any atom is 0.255 e. The first-order valence-corrected chi connectivity index (χ1v) is 12.0. The first-order chi connectivity index (χ1) is 16.4. The first kappa shape index (κ1) is 20.3. The van der Waals surface area contributed by atoms with E-state index in [1.807, 2.05) is 6.07 Å². The number of aromatic hydroxyl groups is 1. The van der Waals surface area contributed by atoms with Crippen LogP contribution in [0.1, 0.15) is 36.8 Å². The number of nitrogens with zero attached hydrogens (tertiary/aromatic N) is 2. The van der Waals surface area contributed by atoms with Crippen molar-refractivity contribution >= 4 is 11.6 Å². The van der Waals surface area contributed by atoms with Crippen molar-refractivity contribution in [1.29, 1.82) is 0 Å². The summed E-state index contributed by atoms with van der Waals surface area (Å²) in [4.78, 5) is 19.7. The van der Waals surface area contributed by atoms with Crippen molar-refractivity contribution < 1.29 is 24.9 Å². The van der Waals surface area contributed by atoms with Gasteiger partial charge in [-0.3, -0.25) is 14.7 Å². The largest absolute Gasteiger partial charge is 0.508 e. The van der Waals surface area contributed by atoms with Crippen molar-refractivity contribution in [2.75, 3.05) is 18.4 Å². The molecule has 0 unspecified atom stereocenters. The molecule has 1 amide bonds. The molecule has 1 spiro atoms.